The first-order chi connectivity index (χ1) is 14.8. The van der Waals surface area contributed by atoms with Crippen LogP contribution in [0.15, 0.2) is 30.4 Å². The largest absolute Gasteiger partial charge is 0.573 e. The Balaban J connectivity index is 1.38. The Labute approximate surface area is 179 Å². The third-order valence-corrected chi connectivity index (χ3v) is 5.09. The molecule has 1 aromatic carbocycles. The number of halogens is 4. The minimum atomic E-state index is -4.95. The zero-order valence-corrected chi connectivity index (χ0v) is 17.4. The van der Waals surface area contributed by atoms with E-state index in [1.165, 1.54) is 6.07 Å². The SMILES string of the molecule is CCCC=CC1COC(CCC2COC(c3ccc(OC(F)(F)F)c(F)c3)OC2)OC1. The minimum absolute atomic E-state index is 0.128. The maximum Gasteiger partial charge on any atom is 0.573 e. The Bertz CT molecular complexity index is 708. The summed E-state index contributed by atoms with van der Waals surface area (Å²) in [7, 11) is 0. The van der Waals surface area contributed by atoms with Gasteiger partial charge in [-0.1, -0.05) is 31.6 Å². The molecule has 0 aromatic heterocycles. The zero-order valence-electron chi connectivity index (χ0n) is 17.4. The van der Waals surface area contributed by atoms with Crippen LogP contribution < -0.4 is 4.74 Å². The number of allylic oxidation sites excluding steroid dienone is 1. The molecular weight excluding hydrogens is 420 g/mol. The highest BCUT2D eigenvalue weighted by Gasteiger charge is 2.33. The molecule has 3 rings (SSSR count). The molecule has 0 unspecified atom stereocenters. The van der Waals surface area contributed by atoms with Gasteiger partial charge < -0.3 is 23.7 Å². The molecule has 0 amide bonds. The lowest BCUT2D eigenvalue weighted by Gasteiger charge is -2.32. The van der Waals surface area contributed by atoms with E-state index in [9.17, 15) is 17.6 Å². The molecule has 174 valence electrons. The number of rotatable bonds is 8. The molecule has 0 spiro atoms. The molecule has 0 saturated carbocycles. The summed E-state index contributed by atoms with van der Waals surface area (Å²) in [5, 5.41) is 0. The average molecular weight is 448 g/mol. The summed E-state index contributed by atoms with van der Waals surface area (Å²) in [5.74, 6) is -1.60. The van der Waals surface area contributed by atoms with Crippen molar-refractivity contribution in [1.82, 2.24) is 0 Å². The van der Waals surface area contributed by atoms with Crippen LogP contribution in [0.2, 0.25) is 0 Å². The number of hydrogen-bond acceptors (Lipinski definition) is 5. The van der Waals surface area contributed by atoms with E-state index in [4.69, 9.17) is 18.9 Å². The Morgan fingerprint density at radius 2 is 1.74 bits per heavy atom. The number of alkyl halides is 3. The van der Waals surface area contributed by atoms with Gasteiger partial charge in [0, 0.05) is 17.4 Å². The Morgan fingerprint density at radius 1 is 1.03 bits per heavy atom. The van der Waals surface area contributed by atoms with Gasteiger partial charge in [0.25, 0.3) is 0 Å². The van der Waals surface area contributed by atoms with E-state index in [2.05, 4.69) is 23.8 Å². The molecule has 5 nitrogen and oxygen atoms in total. The van der Waals surface area contributed by atoms with Crippen LogP contribution in [0.4, 0.5) is 17.6 Å². The van der Waals surface area contributed by atoms with E-state index in [1.54, 1.807) is 0 Å². The number of ether oxygens (including phenoxy) is 5. The van der Waals surface area contributed by atoms with E-state index in [-0.39, 0.29) is 12.2 Å². The van der Waals surface area contributed by atoms with Gasteiger partial charge >= 0.3 is 6.36 Å². The highest BCUT2D eigenvalue weighted by molar-refractivity contribution is 5.30. The van der Waals surface area contributed by atoms with Crippen molar-refractivity contribution in [3.05, 3.63) is 41.7 Å². The predicted octanol–water partition coefficient (Wildman–Crippen LogP) is 5.51. The van der Waals surface area contributed by atoms with Crippen molar-refractivity contribution in [1.29, 1.82) is 0 Å². The van der Waals surface area contributed by atoms with Crippen molar-refractivity contribution < 1.29 is 41.2 Å². The van der Waals surface area contributed by atoms with Gasteiger partial charge in [-0.15, -0.1) is 13.2 Å². The smallest absolute Gasteiger partial charge is 0.403 e. The Morgan fingerprint density at radius 3 is 2.35 bits per heavy atom. The summed E-state index contributed by atoms with van der Waals surface area (Å²) in [6.07, 6.45) is 1.94. The molecule has 9 heteroatoms. The highest BCUT2D eigenvalue weighted by Crippen LogP contribution is 2.32. The molecule has 0 radical (unpaired) electrons. The summed E-state index contributed by atoms with van der Waals surface area (Å²) in [4.78, 5) is 0. The van der Waals surface area contributed by atoms with Gasteiger partial charge in [-0.2, -0.15) is 0 Å². The van der Waals surface area contributed by atoms with Gasteiger partial charge in [-0.3, -0.25) is 0 Å². The molecule has 2 aliphatic heterocycles. The maximum atomic E-state index is 13.9. The van der Waals surface area contributed by atoms with Crippen LogP contribution in [0.5, 0.6) is 5.75 Å². The molecule has 2 heterocycles. The Kier molecular flexibility index (Phi) is 8.71. The molecule has 2 saturated heterocycles. The van der Waals surface area contributed by atoms with Crippen molar-refractivity contribution in [2.24, 2.45) is 11.8 Å². The first kappa shape index (κ1) is 24.0. The molecule has 1 aromatic rings. The van der Waals surface area contributed by atoms with Crippen molar-refractivity contribution in [2.75, 3.05) is 26.4 Å². The Hall–Kier alpha value is -1.68. The highest BCUT2D eigenvalue weighted by atomic mass is 19.4. The number of hydrogen-bond donors (Lipinski definition) is 0. The molecule has 0 atom stereocenters. The number of unbranched alkanes of at least 4 members (excludes halogenated alkanes) is 1. The summed E-state index contributed by atoms with van der Waals surface area (Å²) in [5.41, 5.74) is 0.298. The van der Waals surface area contributed by atoms with Gasteiger partial charge in [0.05, 0.1) is 26.4 Å². The molecule has 31 heavy (non-hydrogen) atoms. The third-order valence-electron chi connectivity index (χ3n) is 5.09. The van der Waals surface area contributed by atoms with Crippen LogP contribution in [0.25, 0.3) is 0 Å². The maximum absolute atomic E-state index is 13.9. The second-order valence-corrected chi connectivity index (χ2v) is 7.75. The average Bonchev–Trinajstić information content (AvgIpc) is 2.74. The van der Waals surface area contributed by atoms with Crippen molar-refractivity contribution in [3.8, 4) is 5.75 Å². The summed E-state index contributed by atoms with van der Waals surface area (Å²) in [6, 6.07) is 3.14. The van der Waals surface area contributed by atoms with Crippen molar-refractivity contribution in [2.45, 2.75) is 51.5 Å². The first-order valence-electron chi connectivity index (χ1n) is 10.5. The van der Waals surface area contributed by atoms with Gasteiger partial charge in [0.15, 0.2) is 24.1 Å². The number of benzene rings is 1. The zero-order chi connectivity index (χ0) is 22.3. The van der Waals surface area contributed by atoms with Gasteiger partial charge in [-0.25, -0.2) is 4.39 Å². The lowest BCUT2D eigenvalue weighted by molar-refractivity contribution is -0.275. The van der Waals surface area contributed by atoms with Crippen molar-refractivity contribution in [3.63, 3.8) is 0 Å². The fraction of sp³-hybridized carbons (Fsp3) is 0.636. The van der Waals surface area contributed by atoms with Gasteiger partial charge in [0.2, 0.25) is 0 Å². The topological polar surface area (TPSA) is 46.2 Å². The standard InChI is InChI=1S/C22H28F4O5/c1-2-3-4-5-15-11-27-20(28-12-15)9-6-16-13-29-21(30-14-16)17-7-8-19(18(23)10-17)31-22(24,25)26/h4-5,7-8,10,15-16,20-21H,2-3,6,9,11-14H2,1H3. The predicted molar refractivity (Wildman–Crippen MR) is 104 cm³/mol. The molecule has 2 aliphatic rings. The third kappa shape index (κ3) is 7.75. The quantitative estimate of drug-likeness (QED) is 0.388. The lowest BCUT2D eigenvalue weighted by Crippen LogP contribution is -2.33. The normalized spacial score (nSPS) is 27.5. The molecule has 0 aliphatic carbocycles. The molecule has 0 N–H and O–H groups in total. The molecular formula is C22H28F4O5. The van der Waals surface area contributed by atoms with E-state index in [0.29, 0.717) is 44.3 Å². The summed E-state index contributed by atoms with van der Waals surface area (Å²) >= 11 is 0. The monoisotopic (exact) mass is 448 g/mol. The fourth-order valence-electron chi connectivity index (χ4n) is 3.44. The van der Waals surface area contributed by atoms with E-state index < -0.39 is 24.2 Å². The van der Waals surface area contributed by atoms with Crippen LogP contribution in [-0.2, 0) is 18.9 Å². The van der Waals surface area contributed by atoms with Crippen LogP contribution in [0, 0.1) is 17.7 Å². The lowest BCUT2D eigenvalue weighted by atomic mass is 10.0. The van der Waals surface area contributed by atoms with Crippen LogP contribution >= 0.6 is 0 Å². The summed E-state index contributed by atoms with van der Waals surface area (Å²) < 4.78 is 77.1. The van der Waals surface area contributed by atoms with Crippen LogP contribution in [0.1, 0.15) is 44.5 Å². The van der Waals surface area contributed by atoms with Crippen LogP contribution in [0.3, 0.4) is 0 Å². The first-order valence-corrected chi connectivity index (χ1v) is 10.5. The van der Waals surface area contributed by atoms with Crippen LogP contribution in [-0.4, -0.2) is 39.1 Å². The van der Waals surface area contributed by atoms with Gasteiger partial charge in [-0.05, 0) is 31.4 Å². The van der Waals surface area contributed by atoms with Crippen molar-refractivity contribution >= 4 is 0 Å². The minimum Gasteiger partial charge on any atom is -0.403 e. The molecule has 0 bridgehead atoms. The van der Waals surface area contributed by atoms with E-state index in [0.717, 1.165) is 31.4 Å². The fourth-order valence-corrected chi connectivity index (χ4v) is 3.44. The van der Waals surface area contributed by atoms with Gasteiger partial charge in [0.1, 0.15) is 0 Å². The van der Waals surface area contributed by atoms with E-state index in [1.807, 2.05) is 0 Å². The van der Waals surface area contributed by atoms with E-state index >= 15 is 0 Å². The second-order valence-electron chi connectivity index (χ2n) is 7.75. The molecule has 2 fully saturated rings. The second kappa shape index (κ2) is 11.3. The summed E-state index contributed by atoms with van der Waals surface area (Å²) in [6.45, 7) is 4.20.